The molecule has 1 aromatic rings. The first-order chi connectivity index (χ1) is 9.11. The Labute approximate surface area is 109 Å². The van der Waals surface area contributed by atoms with Gasteiger partial charge in [0, 0.05) is 13.1 Å². The summed E-state index contributed by atoms with van der Waals surface area (Å²) in [6, 6.07) is 0.0266. The number of ether oxygens (including phenoxy) is 1. The predicted octanol–water partition coefficient (Wildman–Crippen LogP) is 0.770. The fourth-order valence-electron chi connectivity index (χ4n) is 2.04. The molecule has 0 saturated carbocycles. The van der Waals surface area contributed by atoms with Crippen LogP contribution in [0, 0.1) is 0 Å². The van der Waals surface area contributed by atoms with E-state index in [4.69, 9.17) is 9.84 Å². The van der Waals surface area contributed by atoms with E-state index >= 15 is 0 Å². The first kappa shape index (κ1) is 13.3. The summed E-state index contributed by atoms with van der Waals surface area (Å²) >= 11 is 0. The van der Waals surface area contributed by atoms with Crippen LogP contribution in [0.25, 0.3) is 0 Å². The lowest BCUT2D eigenvalue weighted by atomic mass is 10.1. The molecule has 0 aliphatic carbocycles. The Morgan fingerprint density at radius 1 is 1.47 bits per heavy atom. The quantitative estimate of drug-likeness (QED) is 0.813. The van der Waals surface area contributed by atoms with E-state index in [1.54, 1.807) is 6.92 Å². The molecule has 0 radical (unpaired) electrons. The molecule has 0 unspecified atom stereocenters. The monoisotopic (exact) mass is 268 g/mol. The number of esters is 1. The van der Waals surface area contributed by atoms with Gasteiger partial charge in [-0.25, -0.2) is 9.59 Å². The fraction of sp³-hybridized carbons (Fsp3) is 0.636. The van der Waals surface area contributed by atoms with Gasteiger partial charge >= 0.3 is 12.1 Å². The molecule has 19 heavy (non-hydrogen) atoms. The molecule has 2 heterocycles. The van der Waals surface area contributed by atoms with Crippen molar-refractivity contribution in [3.05, 3.63) is 11.9 Å². The highest BCUT2D eigenvalue weighted by molar-refractivity contribution is 5.86. The van der Waals surface area contributed by atoms with E-state index in [-0.39, 0.29) is 11.7 Å². The lowest BCUT2D eigenvalue weighted by Crippen LogP contribution is -2.38. The topological polar surface area (TPSA) is 97.6 Å². The van der Waals surface area contributed by atoms with Crippen molar-refractivity contribution in [2.45, 2.75) is 25.8 Å². The minimum atomic E-state index is -0.904. The largest absolute Gasteiger partial charge is 0.465 e. The van der Waals surface area contributed by atoms with Crippen LogP contribution < -0.4 is 0 Å². The smallest absolute Gasteiger partial charge is 0.407 e. The van der Waals surface area contributed by atoms with Crippen molar-refractivity contribution in [2.75, 3.05) is 19.7 Å². The summed E-state index contributed by atoms with van der Waals surface area (Å²) in [6.45, 7) is 2.93. The second kappa shape index (κ2) is 5.68. The molecule has 1 aromatic heterocycles. The van der Waals surface area contributed by atoms with Gasteiger partial charge in [-0.15, -0.1) is 5.10 Å². The molecular formula is C11H16N4O4. The molecule has 0 spiro atoms. The van der Waals surface area contributed by atoms with Gasteiger partial charge in [-0.1, -0.05) is 0 Å². The number of rotatable bonds is 3. The highest BCUT2D eigenvalue weighted by atomic mass is 16.5. The third-order valence-corrected chi connectivity index (χ3v) is 3.05. The summed E-state index contributed by atoms with van der Waals surface area (Å²) in [5, 5.41) is 17.0. The molecule has 1 fully saturated rings. The summed E-state index contributed by atoms with van der Waals surface area (Å²) in [7, 11) is 0. The number of carbonyl (C=O) groups excluding carboxylic acids is 1. The van der Waals surface area contributed by atoms with Gasteiger partial charge in [0.15, 0.2) is 5.69 Å². The maximum absolute atomic E-state index is 11.5. The fourth-order valence-corrected chi connectivity index (χ4v) is 2.04. The van der Waals surface area contributed by atoms with Crippen LogP contribution in [-0.2, 0) is 4.74 Å². The van der Waals surface area contributed by atoms with Crippen molar-refractivity contribution in [3.8, 4) is 0 Å². The van der Waals surface area contributed by atoms with Crippen molar-refractivity contribution in [1.82, 2.24) is 19.9 Å². The maximum atomic E-state index is 11.5. The Kier molecular flexibility index (Phi) is 3.98. The maximum Gasteiger partial charge on any atom is 0.407 e. The van der Waals surface area contributed by atoms with E-state index in [0.29, 0.717) is 32.5 Å². The van der Waals surface area contributed by atoms with Gasteiger partial charge < -0.3 is 14.7 Å². The van der Waals surface area contributed by atoms with E-state index in [1.165, 1.54) is 15.9 Å². The van der Waals surface area contributed by atoms with Crippen LogP contribution in [0.2, 0.25) is 0 Å². The number of aromatic nitrogens is 3. The van der Waals surface area contributed by atoms with Crippen LogP contribution in [-0.4, -0.2) is 56.8 Å². The molecule has 1 saturated heterocycles. The molecule has 104 valence electrons. The molecule has 1 N–H and O–H groups in total. The Morgan fingerprint density at radius 2 is 2.16 bits per heavy atom. The van der Waals surface area contributed by atoms with Crippen molar-refractivity contribution < 1.29 is 19.4 Å². The number of hydrogen-bond acceptors (Lipinski definition) is 5. The number of carboxylic acid groups (broad SMARTS) is 1. The molecule has 2 rings (SSSR count). The molecule has 0 bridgehead atoms. The van der Waals surface area contributed by atoms with Gasteiger partial charge in [0.05, 0.1) is 18.8 Å². The van der Waals surface area contributed by atoms with Gasteiger partial charge in [0.1, 0.15) is 0 Å². The van der Waals surface area contributed by atoms with Gasteiger partial charge in [-0.05, 0) is 19.8 Å². The molecule has 1 amide bonds. The SMILES string of the molecule is CCOC(=O)c1cnn(C2CCN(C(=O)O)CC2)n1. The van der Waals surface area contributed by atoms with Gasteiger partial charge in [-0.2, -0.15) is 9.90 Å². The highest BCUT2D eigenvalue weighted by Gasteiger charge is 2.25. The minimum absolute atomic E-state index is 0.0266. The second-order valence-corrected chi connectivity index (χ2v) is 4.27. The molecule has 1 aliphatic rings. The zero-order valence-electron chi connectivity index (χ0n) is 10.7. The Hall–Kier alpha value is -2.12. The standard InChI is InChI=1S/C11H16N4O4/c1-2-19-10(16)9-7-12-15(13-9)8-3-5-14(6-4-8)11(17)18/h7-8H,2-6H2,1H3,(H,17,18). The van der Waals surface area contributed by atoms with Crippen molar-refractivity contribution in [3.63, 3.8) is 0 Å². The summed E-state index contributed by atoms with van der Waals surface area (Å²) in [5.41, 5.74) is 0.183. The summed E-state index contributed by atoms with van der Waals surface area (Å²) in [4.78, 5) is 25.1. The number of carbonyl (C=O) groups is 2. The van der Waals surface area contributed by atoms with Crippen LogP contribution >= 0.6 is 0 Å². The zero-order chi connectivity index (χ0) is 13.8. The van der Waals surface area contributed by atoms with E-state index in [9.17, 15) is 9.59 Å². The molecule has 1 aliphatic heterocycles. The third-order valence-electron chi connectivity index (χ3n) is 3.05. The molecule has 0 aromatic carbocycles. The van der Waals surface area contributed by atoms with Crippen LogP contribution in [0.15, 0.2) is 6.20 Å². The lowest BCUT2D eigenvalue weighted by molar-refractivity contribution is 0.0517. The Balaban J connectivity index is 1.97. The van der Waals surface area contributed by atoms with Gasteiger partial charge in [0.2, 0.25) is 0 Å². The normalized spacial score (nSPS) is 16.4. The predicted molar refractivity (Wildman–Crippen MR) is 63.8 cm³/mol. The summed E-state index contributed by atoms with van der Waals surface area (Å²) < 4.78 is 4.84. The van der Waals surface area contributed by atoms with Crippen molar-refractivity contribution in [1.29, 1.82) is 0 Å². The van der Waals surface area contributed by atoms with Gasteiger partial charge in [-0.3, -0.25) is 0 Å². The average molecular weight is 268 g/mol. The van der Waals surface area contributed by atoms with E-state index in [1.807, 2.05) is 0 Å². The summed E-state index contributed by atoms with van der Waals surface area (Å²) in [5.74, 6) is -0.489. The van der Waals surface area contributed by atoms with Crippen LogP contribution in [0.3, 0.4) is 0 Å². The number of nitrogens with zero attached hydrogens (tertiary/aromatic N) is 4. The number of piperidine rings is 1. The van der Waals surface area contributed by atoms with Crippen LogP contribution in [0.5, 0.6) is 0 Å². The first-order valence-electron chi connectivity index (χ1n) is 6.18. The number of amides is 1. The lowest BCUT2D eigenvalue weighted by Gasteiger charge is -2.29. The molecule has 8 nitrogen and oxygen atoms in total. The van der Waals surface area contributed by atoms with Gasteiger partial charge in [0.25, 0.3) is 0 Å². The first-order valence-corrected chi connectivity index (χ1v) is 6.18. The Morgan fingerprint density at radius 3 is 2.74 bits per heavy atom. The second-order valence-electron chi connectivity index (χ2n) is 4.27. The third kappa shape index (κ3) is 3.01. The Bertz CT molecular complexity index is 465. The van der Waals surface area contributed by atoms with Crippen molar-refractivity contribution >= 4 is 12.1 Å². The van der Waals surface area contributed by atoms with Crippen molar-refractivity contribution in [2.24, 2.45) is 0 Å². The highest BCUT2D eigenvalue weighted by Crippen LogP contribution is 2.20. The van der Waals surface area contributed by atoms with E-state index < -0.39 is 12.1 Å². The van der Waals surface area contributed by atoms with Crippen LogP contribution in [0.1, 0.15) is 36.3 Å². The minimum Gasteiger partial charge on any atom is -0.465 e. The summed E-state index contributed by atoms with van der Waals surface area (Å²) in [6.07, 6.45) is 1.76. The average Bonchev–Trinajstić information content (AvgIpc) is 2.89. The molecule has 8 heteroatoms. The van der Waals surface area contributed by atoms with E-state index in [2.05, 4.69) is 10.2 Å². The molecular weight excluding hydrogens is 252 g/mol. The number of likely N-dealkylation sites (tertiary alicyclic amines) is 1. The van der Waals surface area contributed by atoms with Crippen LogP contribution in [0.4, 0.5) is 4.79 Å². The van der Waals surface area contributed by atoms with E-state index in [0.717, 1.165) is 0 Å². The number of hydrogen-bond donors (Lipinski definition) is 1. The molecule has 0 atom stereocenters. The zero-order valence-corrected chi connectivity index (χ0v) is 10.7.